The van der Waals surface area contributed by atoms with Crippen LogP contribution in [-0.4, -0.2) is 36.9 Å². The molecule has 0 spiro atoms. The molecule has 1 aromatic rings. The zero-order valence-electron chi connectivity index (χ0n) is 9.47. The van der Waals surface area contributed by atoms with Gasteiger partial charge in [0.25, 0.3) is 0 Å². The van der Waals surface area contributed by atoms with Crippen LogP contribution in [0.2, 0.25) is 0 Å². The van der Waals surface area contributed by atoms with Crippen LogP contribution >= 0.6 is 0 Å². The number of likely N-dealkylation sites (N-methyl/N-ethyl adjacent to an activating group) is 1. The molecule has 86 valence electrons. The quantitative estimate of drug-likeness (QED) is 0.727. The summed E-state index contributed by atoms with van der Waals surface area (Å²) in [7, 11) is 1.52. The molecule has 0 saturated carbocycles. The van der Waals surface area contributed by atoms with Gasteiger partial charge >= 0.3 is 0 Å². The second-order valence-corrected chi connectivity index (χ2v) is 3.50. The van der Waals surface area contributed by atoms with Crippen molar-refractivity contribution in [3.05, 3.63) is 35.4 Å². The minimum absolute atomic E-state index is 0.286. The molecule has 1 rings (SSSR count). The SMILES string of the molecule is CNC(=O)C(CO)N=Cc1ccc(C)cc1. The summed E-state index contributed by atoms with van der Waals surface area (Å²) in [6.07, 6.45) is 1.59. The van der Waals surface area contributed by atoms with Crippen molar-refractivity contribution in [1.82, 2.24) is 5.32 Å². The van der Waals surface area contributed by atoms with Crippen molar-refractivity contribution in [2.24, 2.45) is 4.99 Å². The normalized spacial score (nSPS) is 12.7. The van der Waals surface area contributed by atoms with Gasteiger partial charge in [0.05, 0.1) is 6.61 Å². The van der Waals surface area contributed by atoms with Crippen LogP contribution < -0.4 is 5.32 Å². The standard InChI is InChI=1S/C12H16N2O2/c1-9-3-5-10(6-4-9)7-14-11(8-15)12(16)13-2/h3-7,11,15H,8H2,1-2H3,(H,13,16). The molecule has 0 aromatic heterocycles. The van der Waals surface area contributed by atoms with Crippen LogP contribution in [0.15, 0.2) is 29.3 Å². The van der Waals surface area contributed by atoms with Crippen molar-refractivity contribution in [2.45, 2.75) is 13.0 Å². The second-order valence-electron chi connectivity index (χ2n) is 3.50. The molecule has 1 unspecified atom stereocenters. The van der Waals surface area contributed by atoms with Crippen molar-refractivity contribution >= 4 is 12.1 Å². The Labute approximate surface area is 95.0 Å². The first-order chi connectivity index (χ1) is 7.67. The van der Waals surface area contributed by atoms with Crippen LogP contribution in [0.1, 0.15) is 11.1 Å². The molecular formula is C12H16N2O2. The average Bonchev–Trinajstić information content (AvgIpc) is 2.31. The van der Waals surface area contributed by atoms with Crippen molar-refractivity contribution in [1.29, 1.82) is 0 Å². The summed E-state index contributed by atoms with van der Waals surface area (Å²) >= 11 is 0. The molecule has 16 heavy (non-hydrogen) atoms. The first kappa shape index (κ1) is 12.4. The number of hydrogen-bond donors (Lipinski definition) is 2. The van der Waals surface area contributed by atoms with Gasteiger partial charge in [-0.15, -0.1) is 0 Å². The first-order valence-electron chi connectivity index (χ1n) is 5.09. The number of nitrogens with one attached hydrogen (secondary N) is 1. The van der Waals surface area contributed by atoms with E-state index >= 15 is 0 Å². The predicted octanol–water partition coefficient (Wildman–Crippen LogP) is 0.521. The van der Waals surface area contributed by atoms with E-state index in [0.717, 1.165) is 5.56 Å². The van der Waals surface area contributed by atoms with Gasteiger partial charge in [-0.1, -0.05) is 29.8 Å². The van der Waals surface area contributed by atoms with E-state index in [1.807, 2.05) is 31.2 Å². The van der Waals surface area contributed by atoms with E-state index in [2.05, 4.69) is 10.3 Å². The van der Waals surface area contributed by atoms with Gasteiger partial charge in [-0.2, -0.15) is 0 Å². The fraction of sp³-hybridized carbons (Fsp3) is 0.333. The molecule has 0 aliphatic rings. The van der Waals surface area contributed by atoms with Crippen LogP contribution in [0.25, 0.3) is 0 Å². The van der Waals surface area contributed by atoms with Gasteiger partial charge in [0, 0.05) is 13.3 Å². The number of amides is 1. The predicted molar refractivity (Wildman–Crippen MR) is 63.7 cm³/mol. The first-order valence-corrected chi connectivity index (χ1v) is 5.09. The number of hydrogen-bond acceptors (Lipinski definition) is 3. The molecule has 0 saturated heterocycles. The number of nitrogens with zero attached hydrogens (tertiary/aromatic N) is 1. The number of rotatable bonds is 4. The highest BCUT2D eigenvalue weighted by atomic mass is 16.3. The topological polar surface area (TPSA) is 61.7 Å². The van der Waals surface area contributed by atoms with Gasteiger partial charge in [0.15, 0.2) is 6.04 Å². The molecule has 1 aromatic carbocycles. The number of carbonyl (C=O) groups is 1. The van der Waals surface area contributed by atoms with Crippen molar-refractivity contribution in [3.63, 3.8) is 0 Å². The van der Waals surface area contributed by atoms with Crippen LogP contribution in [0.3, 0.4) is 0 Å². The second kappa shape index (κ2) is 6.02. The zero-order valence-corrected chi connectivity index (χ0v) is 9.47. The summed E-state index contributed by atoms with van der Waals surface area (Å²) in [6, 6.07) is 7.03. The number of aliphatic imine (C=N–C) groups is 1. The Hall–Kier alpha value is -1.68. The van der Waals surface area contributed by atoms with Crippen LogP contribution in [-0.2, 0) is 4.79 Å². The third-order valence-electron chi connectivity index (χ3n) is 2.20. The van der Waals surface area contributed by atoms with Gasteiger partial charge in [-0.25, -0.2) is 0 Å². The monoisotopic (exact) mass is 220 g/mol. The zero-order chi connectivity index (χ0) is 12.0. The lowest BCUT2D eigenvalue weighted by molar-refractivity contribution is -0.122. The Morgan fingerprint density at radius 2 is 2.12 bits per heavy atom. The summed E-state index contributed by atoms with van der Waals surface area (Å²) in [4.78, 5) is 15.3. The van der Waals surface area contributed by atoms with Crippen LogP contribution in [0.5, 0.6) is 0 Å². The molecule has 4 nitrogen and oxygen atoms in total. The van der Waals surface area contributed by atoms with E-state index in [4.69, 9.17) is 5.11 Å². The van der Waals surface area contributed by atoms with Gasteiger partial charge in [0.1, 0.15) is 0 Å². The number of benzene rings is 1. The van der Waals surface area contributed by atoms with E-state index in [0.29, 0.717) is 0 Å². The molecule has 0 heterocycles. The molecule has 0 aliphatic heterocycles. The number of aliphatic hydroxyl groups is 1. The van der Waals surface area contributed by atoms with Crippen molar-refractivity contribution in [2.75, 3.05) is 13.7 Å². The number of aliphatic hydroxyl groups excluding tert-OH is 1. The van der Waals surface area contributed by atoms with E-state index in [1.165, 1.54) is 12.6 Å². The van der Waals surface area contributed by atoms with Crippen LogP contribution in [0, 0.1) is 6.92 Å². The minimum atomic E-state index is -0.730. The molecular weight excluding hydrogens is 204 g/mol. The van der Waals surface area contributed by atoms with E-state index < -0.39 is 6.04 Å². The fourth-order valence-electron chi connectivity index (χ4n) is 1.19. The Kier molecular flexibility index (Phi) is 4.66. The van der Waals surface area contributed by atoms with E-state index in [1.54, 1.807) is 6.21 Å². The van der Waals surface area contributed by atoms with Crippen molar-refractivity contribution < 1.29 is 9.90 Å². The number of carbonyl (C=O) groups excluding carboxylic acids is 1. The molecule has 1 amide bonds. The Morgan fingerprint density at radius 3 is 2.62 bits per heavy atom. The van der Waals surface area contributed by atoms with Gasteiger partial charge in [0.2, 0.25) is 5.91 Å². The molecule has 4 heteroatoms. The summed E-state index contributed by atoms with van der Waals surface area (Å²) in [5, 5.41) is 11.4. The number of aryl methyl sites for hydroxylation is 1. The maximum atomic E-state index is 11.2. The summed E-state index contributed by atoms with van der Waals surface area (Å²) < 4.78 is 0. The maximum absolute atomic E-state index is 11.2. The lowest BCUT2D eigenvalue weighted by atomic mass is 10.2. The summed E-state index contributed by atoms with van der Waals surface area (Å²) in [5.74, 6) is -0.286. The molecule has 2 N–H and O–H groups in total. The molecule has 1 atom stereocenters. The third kappa shape index (κ3) is 3.47. The van der Waals surface area contributed by atoms with E-state index in [9.17, 15) is 4.79 Å². The Bertz CT molecular complexity index is 371. The van der Waals surface area contributed by atoms with Crippen LogP contribution in [0.4, 0.5) is 0 Å². The lowest BCUT2D eigenvalue weighted by Crippen LogP contribution is -2.33. The third-order valence-corrected chi connectivity index (χ3v) is 2.20. The highest BCUT2D eigenvalue weighted by Crippen LogP contribution is 2.01. The molecule has 0 radical (unpaired) electrons. The Balaban J connectivity index is 2.71. The van der Waals surface area contributed by atoms with Crippen molar-refractivity contribution in [3.8, 4) is 0 Å². The van der Waals surface area contributed by atoms with Gasteiger partial charge in [-0.3, -0.25) is 9.79 Å². The largest absolute Gasteiger partial charge is 0.394 e. The highest BCUT2D eigenvalue weighted by Gasteiger charge is 2.12. The highest BCUT2D eigenvalue weighted by molar-refractivity contribution is 5.86. The molecule has 0 bridgehead atoms. The Morgan fingerprint density at radius 1 is 1.50 bits per heavy atom. The molecule has 0 aliphatic carbocycles. The average molecular weight is 220 g/mol. The smallest absolute Gasteiger partial charge is 0.246 e. The summed E-state index contributed by atoms with van der Waals surface area (Å²) in [5.41, 5.74) is 2.08. The minimum Gasteiger partial charge on any atom is -0.394 e. The fourth-order valence-corrected chi connectivity index (χ4v) is 1.19. The maximum Gasteiger partial charge on any atom is 0.246 e. The van der Waals surface area contributed by atoms with Gasteiger partial charge < -0.3 is 10.4 Å². The lowest BCUT2D eigenvalue weighted by Gasteiger charge is -2.06. The molecule has 0 fully saturated rings. The summed E-state index contributed by atoms with van der Waals surface area (Å²) in [6.45, 7) is 1.71. The van der Waals surface area contributed by atoms with Gasteiger partial charge in [-0.05, 0) is 12.5 Å². The van der Waals surface area contributed by atoms with E-state index in [-0.39, 0.29) is 12.5 Å².